The zero-order valence-corrected chi connectivity index (χ0v) is 12.3. The van der Waals surface area contributed by atoms with Crippen molar-refractivity contribution in [1.29, 1.82) is 0 Å². The molecular formula is C16H23N3O2. The topological polar surface area (TPSA) is 46.5 Å². The Morgan fingerprint density at radius 1 is 1.24 bits per heavy atom. The van der Waals surface area contributed by atoms with Crippen molar-refractivity contribution in [3.8, 4) is 0 Å². The first-order valence-electron chi connectivity index (χ1n) is 8.09. The number of nitrogens with one attached hydrogen (secondary N) is 1. The number of ether oxygens (including phenoxy) is 1. The van der Waals surface area contributed by atoms with Gasteiger partial charge in [0.05, 0.1) is 18.2 Å². The van der Waals surface area contributed by atoms with Gasteiger partial charge in [-0.2, -0.15) is 0 Å². The van der Waals surface area contributed by atoms with Gasteiger partial charge in [0.25, 0.3) is 0 Å². The van der Waals surface area contributed by atoms with Gasteiger partial charge in [0.2, 0.25) is 5.91 Å². The van der Waals surface area contributed by atoms with Gasteiger partial charge in [-0.25, -0.2) is 0 Å². The van der Waals surface area contributed by atoms with Crippen LogP contribution in [0.25, 0.3) is 0 Å². The average Bonchev–Trinajstić information content (AvgIpc) is 3.18. The summed E-state index contributed by atoms with van der Waals surface area (Å²) in [6, 6.07) is 4.57. The molecule has 0 radical (unpaired) electrons. The highest BCUT2D eigenvalue weighted by atomic mass is 16.5. The zero-order valence-electron chi connectivity index (χ0n) is 12.3. The first-order chi connectivity index (χ1) is 10.3. The summed E-state index contributed by atoms with van der Waals surface area (Å²) in [5.74, 6) is 0.634. The fourth-order valence-corrected chi connectivity index (χ4v) is 4.22. The Balaban J connectivity index is 1.41. The SMILES string of the molecule is O=C(Cn1cccc1)N[C@H]1[C@H]2CCO[C@H]2[C@@H]1N1CCCC1. The third-order valence-electron chi connectivity index (χ3n) is 5.23. The number of fused-ring (bicyclic) bond motifs is 1. The van der Waals surface area contributed by atoms with Crippen molar-refractivity contribution in [3.05, 3.63) is 24.5 Å². The molecule has 5 heteroatoms. The quantitative estimate of drug-likeness (QED) is 0.894. The van der Waals surface area contributed by atoms with E-state index in [1.54, 1.807) is 0 Å². The summed E-state index contributed by atoms with van der Waals surface area (Å²) in [7, 11) is 0. The van der Waals surface area contributed by atoms with Crippen LogP contribution in [0.1, 0.15) is 19.3 Å². The molecule has 5 nitrogen and oxygen atoms in total. The summed E-state index contributed by atoms with van der Waals surface area (Å²) >= 11 is 0. The molecule has 0 bridgehead atoms. The zero-order chi connectivity index (χ0) is 14.2. The maximum atomic E-state index is 12.3. The first kappa shape index (κ1) is 13.3. The second-order valence-corrected chi connectivity index (χ2v) is 6.47. The standard InChI is InChI=1S/C16H23N3O2/c20-13(11-18-6-1-2-7-18)17-14-12-5-10-21-16(12)15(14)19-8-3-4-9-19/h1-2,6-7,12,14-16H,3-5,8-11H2,(H,17,20)/t12-,14+,15-,16-/m1/s1. The number of carbonyl (C=O) groups excluding carboxylic acids is 1. The third kappa shape index (κ3) is 2.38. The molecule has 0 spiro atoms. The number of rotatable bonds is 4. The summed E-state index contributed by atoms with van der Waals surface area (Å²) in [4.78, 5) is 14.8. The van der Waals surface area contributed by atoms with Gasteiger partial charge in [-0.1, -0.05) is 0 Å². The van der Waals surface area contributed by atoms with Crippen molar-refractivity contribution < 1.29 is 9.53 Å². The fourth-order valence-electron chi connectivity index (χ4n) is 4.22. The Morgan fingerprint density at radius 3 is 2.76 bits per heavy atom. The molecule has 1 aromatic rings. The van der Waals surface area contributed by atoms with Gasteiger partial charge in [0.1, 0.15) is 6.54 Å². The van der Waals surface area contributed by atoms with Crippen molar-refractivity contribution in [2.45, 2.75) is 44.0 Å². The second kappa shape index (κ2) is 5.46. The Labute approximate surface area is 125 Å². The van der Waals surface area contributed by atoms with E-state index < -0.39 is 0 Å². The molecule has 3 heterocycles. The monoisotopic (exact) mass is 289 g/mol. The summed E-state index contributed by atoms with van der Waals surface area (Å²) in [5, 5.41) is 3.27. The van der Waals surface area contributed by atoms with Crippen LogP contribution in [0, 0.1) is 5.92 Å². The highest BCUT2D eigenvalue weighted by molar-refractivity contribution is 5.76. The van der Waals surface area contributed by atoms with Crippen molar-refractivity contribution in [2.24, 2.45) is 5.92 Å². The van der Waals surface area contributed by atoms with Gasteiger partial charge in [0, 0.05) is 24.9 Å². The van der Waals surface area contributed by atoms with E-state index in [2.05, 4.69) is 10.2 Å². The van der Waals surface area contributed by atoms with Crippen molar-refractivity contribution in [1.82, 2.24) is 14.8 Å². The predicted molar refractivity (Wildman–Crippen MR) is 78.8 cm³/mol. The molecule has 4 atom stereocenters. The van der Waals surface area contributed by atoms with Crippen LogP contribution in [-0.2, 0) is 16.1 Å². The second-order valence-electron chi connectivity index (χ2n) is 6.47. The van der Waals surface area contributed by atoms with E-state index in [0.29, 0.717) is 24.6 Å². The van der Waals surface area contributed by atoms with Crippen molar-refractivity contribution >= 4 is 5.91 Å². The Morgan fingerprint density at radius 2 is 2.00 bits per heavy atom. The fraction of sp³-hybridized carbons (Fsp3) is 0.688. The maximum Gasteiger partial charge on any atom is 0.240 e. The molecule has 4 rings (SSSR count). The van der Waals surface area contributed by atoms with Gasteiger partial charge in [-0.3, -0.25) is 9.69 Å². The molecule has 1 saturated carbocycles. The molecule has 0 unspecified atom stereocenters. The Hall–Kier alpha value is -1.33. The van der Waals surface area contributed by atoms with E-state index >= 15 is 0 Å². The molecule has 3 fully saturated rings. The number of hydrogen-bond acceptors (Lipinski definition) is 3. The number of amides is 1. The molecule has 1 aromatic heterocycles. The van der Waals surface area contributed by atoms with Gasteiger partial charge in [-0.05, 0) is 44.5 Å². The lowest BCUT2D eigenvalue weighted by molar-refractivity contribution is -0.129. The van der Waals surface area contributed by atoms with E-state index in [4.69, 9.17) is 4.74 Å². The molecule has 1 amide bonds. The summed E-state index contributed by atoms with van der Waals surface area (Å²) < 4.78 is 7.81. The predicted octanol–water partition coefficient (Wildman–Crippen LogP) is 0.856. The average molecular weight is 289 g/mol. The lowest BCUT2D eigenvalue weighted by Gasteiger charge is -2.51. The number of likely N-dealkylation sites (tertiary alicyclic amines) is 1. The Kier molecular flexibility index (Phi) is 3.47. The van der Waals surface area contributed by atoms with Gasteiger partial charge < -0.3 is 14.6 Å². The minimum Gasteiger partial charge on any atom is -0.376 e. The molecule has 21 heavy (non-hydrogen) atoms. The van der Waals surface area contributed by atoms with Crippen LogP contribution >= 0.6 is 0 Å². The van der Waals surface area contributed by atoms with Gasteiger partial charge >= 0.3 is 0 Å². The highest BCUT2D eigenvalue weighted by Crippen LogP contribution is 2.42. The lowest BCUT2D eigenvalue weighted by Crippen LogP contribution is -2.70. The number of carbonyl (C=O) groups is 1. The van der Waals surface area contributed by atoms with Crippen LogP contribution in [0.2, 0.25) is 0 Å². The first-order valence-corrected chi connectivity index (χ1v) is 8.09. The molecule has 2 saturated heterocycles. The van der Waals surface area contributed by atoms with Crippen LogP contribution in [0.4, 0.5) is 0 Å². The minimum atomic E-state index is 0.116. The van der Waals surface area contributed by atoms with E-state index in [1.807, 2.05) is 29.1 Å². The van der Waals surface area contributed by atoms with E-state index in [-0.39, 0.29) is 11.9 Å². The molecule has 3 aliphatic rings. The normalized spacial score (nSPS) is 35.4. The molecule has 1 aliphatic carbocycles. The van der Waals surface area contributed by atoms with Crippen molar-refractivity contribution in [3.63, 3.8) is 0 Å². The number of hydrogen-bond donors (Lipinski definition) is 1. The van der Waals surface area contributed by atoms with E-state index in [1.165, 1.54) is 12.8 Å². The molecular weight excluding hydrogens is 266 g/mol. The molecule has 114 valence electrons. The van der Waals surface area contributed by atoms with Gasteiger partial charge in [-0.15, -0.1) is 0 Å². The minimum absolute atomic E-state index is 0.116. The van der Waals surface area contributed by atoms with Crippen LogP contribution in [0.5, 0.6) is 0 Å². The van der Waals surface area contributed by atoms with Crippen LogP contribution in [0.3, 0.4) is 0 Å². The maximum absolute atomic E-state index is 12.3. The summed E-state index contributed by atoms with van der Waals surface area (Å²) in [6.45, 7) is 3.57. The van der Waals surface area contributed by atoms with E-state index in [0.717, 1.165) is 26.1 Å². The largest absolute Gasteiger partial charge is 0.376 e. The molecule has 2 aliphatic heterocycles. The summed E-state index contributed by atoms with van der Waals surface area (Å²) in [6.07, 6.45) is 7.85. The molecule has 1 N–H and O–H groups in total. The van der Waals surface area contributed by atoms with Gasteiger partial charge in [0.15, 0.2) is 0 Å². The van der Waals surface area contributed by atoms with Crippen LogP contribution in [0.15, 0.2) is 24.5 Å². The number of aromatic nitrogens is 1. The Bertz CT molecular complexity index is 491. The van der Waals surface area contributed by atoms with Crippen molar-refractivity contribution in [2.75, 3.05) is 19.7 Å². The van der Waals surface area contributed by atoms with Crippen LogP contribution < -0.4 is 5.32 Å². The highest BCUT2D eigenvalue weighted by Gasteiger charge is 2.56. The molecule has 0 aromatic carbocycles. The van der Waals surface area contributed by atoms with Crippen LogP contribution in [-0.4, -0.2) is 53.3 Å². The smallest absolute Gasteiger partial charge is 0.240 e. The van der Waals surface area contributed by atoms with E-state index in [9.17, 15) is 4.79 Å². The third-order valence-corrected chi connectivity index (χ3v) is 5.23. The number of nitrogens with zero attached hydrogens (tertiary/aromatic N) is 2. The lowest BCUT2D eigenvalue weighted by atomic mass is 9.70. The summed E-state index contributed by atoms with van der Waals surface area (Å²) in [5.41, 5.74) is 0.